The first kappa shape index (κ1) is 11.4. The Morgan fingerprint density at radius 2 is 1.73 bits per heavy atom. The van der Waals surface area contributed by atoms with Crippen LogP contribution in [0.1, 0.15) is 44.9 Å². The molecule has 2 aliphatic carbocycles. The molecule has 0 amide bonds. The smallest absolute Gasteiger partial charge is 0.0837 e. The molecule has 2 saturated carbocycles. The molecule has 2 fully saturated rings. The molecular weight excluding hydrogens is 190 g/mol. The van der Waals surface area contributed by atoms with Gasteiger partial charge in [0, 0.05) is 0 Å². The second-order valence-electron chi connectivity index (χ2n) is 4.99. The van der Waals surface area contributed by atoms with Crippen LogP contribution < -0.4 is 5.73 Å². The standard InChI is InChI=1S/C12H23NO2/c13-8-9-4-1-2-6-11(9)15-12-7-3-5-10(12)14/h9-12,14H,1-8,13H2. The molecule has 4 unspecified atom stereocenters. The number of nitrogens with two attached hydrogens (primary N) is 1. The van der Waals surface area contributed by atoms with E-state index in [1.807, 2.05) is 0 Å². The summed E-state index contributed by atoms with van der Waals surface area (Å²) in [6.45, 7) is 0.730. The molecular formula is C12H23NO2. The largest absolute Gasteiger partial charge is 0.390 e. The molecule has 0 bridgehead atoms. The zero-order chi connectivity index (χ0) is 10.7. The Hall–Kier alpha value is -0.120. The number of aliphatic hydroxyl groups excluding tert-OH is 1. The lowest BCUT2D eigenvalue weighted by atomic mass is 9.86. The summed E-state index contributed by atoms with van der Waals surface area (Å²) in [5, 5.41) is 9.72. The molecule has 3 nitrogen and oxygen atoms in total. The number of hydrogen-bond donors (Lipinski definition) is 2. The third-order valence-electron chi connectivity index (χ3n) is 3.91. The molecule has 0 aliphatic heterocycles. The fraction of sp³-hybridized carbons (Fsp3) is 1.00. The van der Waals surface area contributed by atoms with Crippen molar-refractivity contribution >= 4 is 0 Å². The first-order chi connectivity index (χ1) is 7.31. The molecule has 0 radical (unpaired) electrons. The van der Waals surface area contributed by atoms with Gasteiger partial charge >= 0.3 is 0 Å². The Bertz CT molecular complexity index is 198. The topological polar surface area (TPSA) is 55.5 Å². The highest BCUT2D eigenvalue weighted by molar-refractivity contribution is 4.82. The zero-order valence-corrected chi connectivity index (χ0v) is 9.40. The van der Waals surface area contributed by atoms with E-state index in [0.717, 1.165) is 32.2 Å². The van der Waals surface area contributed by atoms with Crippen LogP contribution in [0.3, 0.4) is 0 Å². The van der Waals surface area contributed by atoms with Crippen LogP contribution in [-0.4, -0.2) is 30.0 Å². The molecule has 0 saturated heterocycles. The highest BCUT2D eigenvalue weighted by Crippen LogP contribution is 2.31. The third-order valence-corrected chi connectivity index (χ3v) is 3.91. The molecule has 0 heterocycles. The summed E-state index contributed by atoms with van der Waals surface area (Å²) in [6.07, 6.45) is 8.06. The van der Waals surface area contributed by atoms with Crippen molar-refractivity contribution in [3.8, 4) is 0 Å². The molecule has 3 heteroatoms. The Morgan fingerprint density at radius 3 is 2.40 bits per heavy atom. The van der Waals surface area contributed by atoms with Crippen LogP contribution in [0.4, 0.5) is 0 Å². The number of aliphatic hydroxyl groups is 1. The molecule has 0 aromatic carbocycles. The second kappa shape index (κ2) is 5.28. The van der Waals surface area contributed by atoms with Crippen molar-refractivity contribution in [1.82, 2.24) is 0 Å². The van der Waals surface area contributed by atoms with Crippen LogP contribution in [0.25, 0.3) is 0 Å². The monoisotopic (exact) mass is 213 g/mol. The maximum atomic E-state index is 9.72. The number of rotatable bonds is 3. The van der Waals surface area contributed by atoms with Gasteiger partial charge in [-0.1, -0.05) is 12.8 Å². The third kappa shape index (κ3) is 2.71. The SMILES string of the molecule is NCC1CCCCC1OC1CCCC1O. The predicted octanol–water partition coefficient (Wildman–Crippen LogP) is 1.43. The molecule has 88 valence electrons. The van der Waals surface area contributed by atoms with Crippen molar-refractivity contribution in [3.05, 3.63) is 0 Å². The van der Waals surface area contributed by atoms with E-state index in [1.165, 1.54) is 19.3 Å². The van der Waals surface area contributed by atoms with Gasteiger partial charge in [-0.3, -0.25) is 0 Å². The Kier molecular flexibility index (Phi) is 4.00. The molecule has 2 aliphatic rings. The van der Waals surface area contributed by atoms with Gasteiger partial charge in [0.25, 0.3) is 0 Å². The quantitative estimate of drug-likeness (QED) is 0.745. The minimum absolute atomic E-state index is 0.0853. The summed E-state index contributed by atoms with van der Waals surface area (Å²) in [5.41, 5.74) is 5.76. The normalized spacial score (nSPS) is 42.0. The summed E-state index contributed by atoms with van der Waals surface area (Å²) >= 11 is 0. The first-order valence-corrected chi connectivity index (χ1v) is 6.35. The lowest BCUT2D eigenvalue weighted by molar-refractivity contribution is -0.0928. The average molecular weight is 213 g/mol. The van der Waals surface area contributed by atoms with Gasteiger partial charge in [0.15, 0.2) is 0 Å². The minimum Gasteiger partial charge on any atom is -0.390 e. The molecule has 4 atom stereocenters. The van der Waals surface area contributed by atoms with Crippen LogP contribution in [-0.2, 0) is 4.74 Å². The molecule has 0 aromatic rings. The van der Waals surface area contributed by atoms with Gasteiger partial charge in [-0.15, -0.1) is 0 Å². The lowest BCUT2D eigenvalue weighted by Gasteiger charge is -2.33. The fourth-order valence-corrected chi connectivity index (χ4v) is 2.91. The van der Waals surface area contributed by atoms with Crippen molar-refractivity contribution in [3.63, 3.8) is 0 Å². The minimum atomic E-state index is -0.231. The second-order valence-corrected chi connectivity index (χ2v) is 4.99. The number of ether oxygens (including phenoxy) is 1. The summed E-state index contributed by atoms with van der Waals surface area (Å²) < 4.78 is 6.04. The molecule has 15 heavy (non-hydrogen) atoms. The van der Waals surface area contributed by atoms with Crippen LogP contribution in [0.5, 0.6) is 0 Å². The van der Waals surface area contributed by atoms with Gasteiger partial charge in [-0.2, -0.15) is 0 Å². The summed E-state index contributed by atoms with van der Waals surface area (Å²) in [5.74, 6) is 0.520. The van der Waals surface area contributed by atoms with Crippen LogP contribution >= 0.6 is 0 Å². The molecule has 0 aromatic heterocycles. The molecule has 3 N–H and O–H groups in total. The molecule has 2 rings (SSSR count). The van der Waals surface area contributed by atoms with E-state index in [9.17, 15) is 5.11 Å². The van der Waals surface area contributed by atoms with E-state index >= 15 is 0 Å². The van der Waals surface area contributed by atoms with Gasteiger partial charge in [0.2, 0.25) is 0 Å². The fourth-order valence-electron chi connectivity index (χ4n) is 2.91. The highest BCUT2D eigenvalue weighted by atomic mass is 16.5. The van der Waals surface area contributed by atoms with Gasteiger partial charge in [-0.05, 0) is 44.6 Å². The lowest BCUT2D eigenvalue weighted by Crippen LogP contribution is -2.38. The van der Waals surface area contributed by atoms with E-state index in [2.05, 4.69) is 0 Å². The van der Waals surface area contributed by atoms with Gasteiger partial charge in [0.1, 0.15) is 0 Å². The Balaban J connectivity index is 1.85. The summed E-state index contributed by atoms with van der Waals surface area (Å²) in [4.78, 5) is 0. The first-order valence-electron chi connectivity index (χ1n) is 6.35. The van der Waals surface area contributed by atoms with E-state index in [4.69, 9.17) is 10.5 Å². The van der Waals surface area contributed by atoms with Gasteiger partial charge in [-0.25, -0.2) is 0 Å². The van der Waals surface area contributed by atoms with Crippen LogP contribution in [0, 0.1) is 5.92 Å². The van der Waals surface area contributed by atoms with Crippen molar-refractivity contribution in [2.45, 2.75) is 63.3 Å². The van der Waals surface area contributed by atoms with Crippen molar-refractivity contribution in [2.75, 3.05) is 6.54 Å². The van der Waals surface area contributed by atoms with Crippen molar-refractivity contribution in [2.24, 2.45) is 11.7 Å². The van der Waals surface area contributed by atoms with Crippen LogP contribution in [0.2, 0.25) is 0 Å². The maximum Gasteiger partial charge on any atom is 0.0837 e. The predicted molar refractivity (Wildman–Crippen MR) is 59.5 cm³/mol. The number of hydrogen-bond acceptors (Lipinski definition) is 3. The van der Waals surface area contributed by atoms with E-state index in [-0.39, 0.29) is 12.2 Å². The van der Waals surface area contributed by atoms with Crippen molar-refractivity contribution < 1.29 is 9.84 Å². The van der Waals surface area contributed by atoms with Crippen LogP contribution in [0.15, 0.2) is 0 Å². The van der Waals surface area contributed by atoms with E-state index in [0.29, 0.717) is 12.0 Å². The zero-order valence-electron chi connectivity index (χ0n) is 9.40. The van der Waals surface area contributed by atoms with E-state index in [1.54, 1.807) is 0 Å². The van der Waals surface area contributed by atoms with Gasteiger partial charge in [0.05, 0.1) is 18.3 Å². The van der Waals surface area contributed by atoms with E-state index < -0.39 is 0 Å². The van der Waals surface area contributed by atoms with Crippen molar-refractivity contribution in [1.29, 1.82) is 0 Å². The average Bonchev–Trinajstić information content (AvgIpc) is 2.65. The summed E-state index contributed by atoms with van der Waals surface area (Å²) in [7, 11) is 0. The molecule has 0 spiro atoms. The Labute approximate surface area is 92.0 Å². The maximum absolute atomic E-state index is 9.72. The summed E-state index contributed by atoms with van der Waals surface area (Å²) in [6, 6.07) is 0. The van der Waals surface area contributed by atoms with Gasteiger partial charge < -0.3 is 15.6 Å². The highest BCUT2D eigenvalue weighted by Gasteiger charge is 2.32. The Morgan fingerprint density at radius 1 is 1.00 bits per heavy atom.